The number of amides is 2. The molecule has 0 fully saturated rings. The second-order valence-corrected chi connectivity index (χ2v) is 10.1. The van der Waals surface area contributed by atoms with E-state index in [1.807, 2.05) is 0 Å². The summed E-state index contributed by atoms with van der Waals surface area (Å²) in [4.78, 5) is 26.8. The Morgan fingerprint density at radius 1 is 0.972 bits per heavy atom. The Kier molecular flexibility index (Phi) is 8.57. The number of hydrogen-bond acceptors (Lipinski definition) is 6. The highest BCUT2D eigenvalue weighted by atomic mass is 32.2. The van der Waals surface area contributed by atoms with Crippen LogP contribution in [0.2, 0.25) is 0 Å². The van der Waals surface area contributed by atoms with Gasteiger partial charge in [-0.25, -0.2) is 8.42 Å². The molecule has 0 aliphatic carbocycles. The highest BCUT2D eigenvalue weighted by molar-refractivity contribution is 7.90. The fourth-order valence-corrected chi connectivity index (χ4v) is 4.57. The molecule has 0 spiro atoms. The first-order valence-electron chi connectivity index (χ1n) is 11.1. The van der Waals surface area contributed by atoms with Gasteiger partial charge in [-0.3, -0.25) is 15.0 Å². The van der Waals surface area contributed by atoms with E-state index in [1.165, 1.54) is 4.90 Å². The Morgan fingerprint density at radius 3 is 2.19 bits per heavy atom. The maximum absolute atomic E-state index is 12.9. The molecule has 5 N–H and O–H groups in total. The van der Waals surface area contributed by atoms with Crippen molar-refractivity contribution in [1.29, 1.82) is 5.41 Å². The highest BCUT2D eigenvalue weighted by Crippen LogP contribution is 2.29. The average molecular weight is 509 g/mol. The number of benzene rings is 3. The standard InChI is InChI=1S/C26H28N4O5S/c1-36(34,35)23-5-3-2-4-22(23)18-8-12-21(13-9-18)30(16-17-31)25(33)15-14-24(32)29-20-10-6-19(7-11-20)26(27)28/h2-13,31H,14-17H2,1H3,(H3,27,28)(H,29,32). The minimum absolute atomic E-state index is 0.0479. The molecular formula is C26H28N4O5S. The van der Waals surface area contributed by atoms with Crippen LogP contribution in [0, 0.1) is 5.41 Å². The molecule has 3 aromatic carbocycles. The predicted octanol–water partition coefficient (Wildman–Crippen LogP) is 2.79. The van der Waals surface area contributed by atoms with Gasteiger partial charge in [0.25, 0.3) is 0 Å². The lowest BCUT2D eigenvalue weighted by Crippen LogP contribution is -2.34. The molecule has 36 heavy (non-hydrogen) atoms. The van der Waals surface area contributed by atoms with Crippen molar-refractivity contribution in [3.05, 3.63) is 78.4 Å². The quantitative estimate of drug-likeness (QED) is 0.244. The van der Waals surface area contributed by atoms with E-state index in [9.17, 15) is 23.1 Å². The number of sulfone groups is 1. The van der Waals surface area contributed by atoms with Crippen molar-refractivity contribution in [2.45, 2.75) is 17.7 Å². The van der Waals surface area contributed by atoms with Gasteiger partial charge >= 0.3 is 0 Å². The Morgan fingerprint density at radius 2 is 1.61 bits per heavy atom. The van der Waals surface area contributed by atoms with Crippen LogP contribution in [-0.2, 0) is 19.4 Å². The zero-order valence-corrected chi connectivity index (χ0v) is 20.6. The first kappa shape index (κ1) is 26.6. The van der Waals surface area contributed by atoms with Crippen molar-refractivity contribution in [3.63, 3.8) is 0 Å². The number of hydrogen-bond donors (Lipinski definition) is 4. The van der Waals surface area contributed by atoms with Crippen molar-refractivity contribution >= 4 is 38.9 Å². The summed E-state index contributed by atoms with van der Waals surface area (Å²) in [5.74, 6) is -0.763. The van der Waals surface area contributed by atoms with Crippen LogP contribution in [0.15, 0.2) is 77.7 Å². The molecule has 0 unspecified atom stereocenters. The minimum Gasteiger partial charge on any atom is -0.395 e. The lowest BCUT2D eigenvalue weighted by Gasteiger charge is -2.22. The van der Waals surface area contributed by atoms with E-state index < -0.39 is 9.84 Å². The van der Waals surface area contributed by atoms with Crippen molar-refractivity contribution in [2.75, 3.05) is 29.6 Å². The molecule has 0 atom stereocenters. The van der Waals surface area contributed by atoms with E-state index in [0.717, 1.165) is 6.26 Å². The third-order valence-corrected chi connectivity index (χ3v) is 6.60. The number of nitrogens with zero attached hydrogens (tertiary/aromatic N) is 1. The van der Waals surface area contributed by atoms with Gasteiger partial charge in [-0.05, 0) is 48.0 Å². The molecule has 2 amide bonds. The number of nitrogens with one attached hydrogen (secondary N) is 2. The summed E-state index contributed by atoms with van der Waals surface area (Å²) in [5, 5.41) is 19.6. The maximum Gasteiger partial charge on any atom is 0.227 e. The zero-order valence-electron chi connectivity index (χ0n) is 19.8. The van der Waals surface area contributed by atoms with Crippen LogP contribution in [-0.4, -0.2) is 50.6 Å². The van der Waals surface area contributed by atoms with Gasteiger partial charge in [0.15, 0.2) is 9.84 Å². The number of nitrogen functional groups attached to an aromatic ring is 1. The van der Waals surface area contributed by atoms with E-state index in [4.69, 9.17) is 11.1 Å². The van der Waals surface area contributed by atoms with E-state index in [2.05, 4.69) is 5.32 Å². The number of carbonyl (C=O) groups excluding carboxylic acids is 2. The van der Waals surface area contributed by atoms with Gasteiger partial charge in [0.05, 0.1) is 11.5 Å². The van der Waals surface area contributed by atoms with E-state index >= 15 is 0 Å². The molecular weight excluding hydrogens is 480 g/mol. The third kappa shape index (κ3) is 6.77. The van der Waals surface area contributed by atoms with Crippen LogP contribution >= 0.6 is 0 Å². The monoisotopic (exact) mass is 508 g/mol. The second kappa shape index (κ2) is 11.6. The van der Waals surface area contributed by atoms with Gasteiger partial charge in [0.1, 0.15) is 5.84 Å². The molecule has 3 rings (SSSR count). The van der Waals surface area contributed by atoms with Gasteiger partial charge in [0.2, 0.25) is 11.8 Å². The normalized spacial score (nSPS) is 11.1. The Labute approximate surface area is 210 Å². The molecule has 0 bridgehead atoms. The molecule has 0 heterocycles. The van der Waals surface area contributed by atoms with Crippen LogP contribution in [0.5, 0.6) is 0 Å². The molecule has 188 valence electrons. The number of carbonyl (C=O) groups is 2. The Balaban J connectivity index is 1.68. The lowest BCUT2D eigenvalue weighted by molar-refractivity contribution is -0.122. The van der Waals surface area contributed by atoms with Crippen LogP contribution < -0.4 is 16.0 Å². The Bertz CT molecular complexity index is 1350. The Hall–Kier alpha value is -4.02. The summed E-state index contributed by atoms with van der Waals surface area (Å²) < 4.78 is 24.3. The lowest BCUT2D eigenvalue weighted by atomic mass is 10.0. The summed E-state index contributed by atoms with van der Waals surface area (Å²) in [6.07, 6.45) is 1.02. The smallest absolute Gasteiger partial charge is 0.227 e. The maximum atomic E-state index is 12.9. The third-order valence-electron chi connectivity index (χ3n) is 5.45. The number of nitrogens with two attached hydrogens (primary N) is 1. The molecule has 3 aromatic rings. The molecule has 10 heteroatoms. The van der Waals surface area contributed by atoms with Crippen molar-refractivity contribution in [3.8, 4) is 11.1 Å². The number of aliphatic hydroxyl groups excluding tert-OH is 1. The van der Waals surface area contributed by atoms with Crippen molar-refractivity contribution < 1.29 is 23.1 Å². The van der Waals surface area contributed by atoms with Gasteiger partial charge in [-0.1, -0.05) is 30.3 Å². The number of anilines is 2. The highest BCUT2D eigenvalue weighted by Gasteiger charge is 2.18. The first-order valence-corrected chi connectivity index (χ1v) is 13.0. The van der Waals surface area contributed by atoms with Gasteiger partial charge in [-0.15, -0.1) is 0 Å². The van der Waals surface area contributed by atoms with Gasteiger partial charge in [0, 0.05) is 48.1 Å². The van der Waals surface area contributed by atoms with Crippen LogP contribution in [0.4, 0.5) is 11.4 Å². The summed E-state index contributed by atoms with van der Waals surface area (Å²) in [6.45, 7) is -0.217. The summed E-state index contributed by atoms with van der Waals surface area (Å²) in [5.41, 5.74) is 8.23. The topological polar surface area (TPSA) is 154 Å². The van der Waals surface area contributed by atoms with E-state index in [-0.39, 0.29) is 48.5 Å². The largest absolute Gasteiger partial charge is 0.395 e. The zero-order chi connectivity index (χ0) is 26.3. The van der Waals surface area contributed by atoms with E-state index in [0.29, 0.717) is 28.1 Å². The van der Waals surface area contributed by atoms with Crippen LogP contribution in [0.25, 0.3) is 11.1 Å². The number of amidine groups is 1. The van der Waals surface area contributed by atoms with Gasteiger partial charge in [-0.2, -0.15) is 0 Å². The summed E-state index contributed by atoms with van der Waals surface area (Å²) in [7, 11) is -3.42. The molecule has 0 saturated carbocycles. The first-order chi connectivity index (χ1) is 17.1. The summed E-state index contributed by atoms with van der Waals surface area (Å²) >= 11 is 0. The predicted molar refractivity (Wildman–Crippen MR) is 140 cm³/mol. The SMILES string of the molecule is CS(=O)(=O)c1ccccc1-c1ccc(N(CCO)C(=O)CCC(=O)Nc2ccc(C(=N)N)cc2)cc1. The minimum atomic E-state index is -3.42. The van der Waals surface area contributed by atoms with E-state index in [1.54, 1.807) is 72.8 Å². The fourth-order valence-electron chi connectivity index (χ4n) is 3.66. The molecule has 0 aromatic heterocycles. The van der Waals surface area contributed by atoms with Crippen molar-refractivity contribution in [2.24, 2.45) is 5.73 Å². The number of aliphatic hydroxyl groups is 1. The van der Waals surface area contributed by atoms with Crippen molar-refractivity contribution in [1.82, 2.24) is 0 Å². The average Bonchev–Trinajstić information content (AvgIpc) is 2.86. The number of rotatable bonds is 10. The van der Waals surface area contributed by atoms with Crippen LogP contribution in [0.3, 0.4) is 0 Å². The molecule has 9 nitrogen and oxygen atoms in total. The molecule has 0 radical (unpaired) electrons. The molecule has 0 aliphatic rings. The van der Waals surface area contributed by atoms with Crippen LogP contribution in [0.1, 0.15) is 18.4 Å². The molecule has 0 aliphatic heterocycles. The fraction of sp³-hybridized carbons (Fsp3) is 0.192. The second-order valence-electron chi connectivity index (χ2n) is 8.12. The molecule has 0 saturated heterocycles. The summed E-state index contributed by atoms with van der Waals surface area (Å²) in [6, 6.07) is 19.9. The van der Waals surface area contributed by atoms with Gasteiger partial charge < -0.3 is 21.1 Å².